The number of para-hydroxylation sites is 2. The second-order valence-corrected chi connectivity index (χ2v) is 6.04. The van der Waals surface area contributed by atoms with E-state index in [1.165, 1.54) is 24.3 Å². The van der Waals surface area contributed by atoms with Crippen LogP contribution in [0.25, 0.3) is 0 Å². The molecule has 0 spiro atoms. The lowest BCUT2D eigenvalue weighted by atomic mass is 10.2. The van der Waals surface area contributed by atoms with Crippen molar-refractivity contribution < 1.29 is 14.6 Å². The number of carbonyl (C=O) groups is 1. The summed E-state index contributed by atoms with van der Waals surface area (Å²) >= 11 is 1.92. The van der Waals surface area contributed by atoms with E-state index in [0.29, 0.717) is 9.26 Å². The molecule has 0 radical (unpaired) electrons. The molecule has 0 aliphatic rings. The number of hydrogen-bond donors (Lipinski definition) is 2. The lowest BCUT2D eigenvalue weighted by Crippen LogP contribution is -2.29. The summed E-state index contributed by atoms with van der Waals surface area (Å²) in [4.78, 5) is 32.8. The van der Waals surface area contributed by atoms with Gasteiger partial charge in [-0.05, 0) is 34.7 Å². The van der Waals surface area contributed by atoms with Crippen LogP contribution in [-0.2, 0) is 0 Å². The average Bonchev–Trinajstić information content (AvgIpc) is 2.58. The van der Waals surface area contributed by atoms with Gasteiger partial charge in [-0.25, -0.2) is 0 Å². The first-order valence-corrected chi connectivity index (χ1v) is 8.17. The minimum Gasteiger partial charge on any atom is -0.378 e. The third-order valence-electron chi connectivity index (χ3n) is 3.23. The fourth-order valence-electron chi connectivity index (χ4n) is 2.05. The molecule has 10 heteroatoms. The highest BCUT2D eigenvalue weighted by atomic mass is 127. The van der Waals surface area contributed by atoms with Crippen LogP contribution in [0, 0.1) is 23.8 Å². The second-order valence-electron chi connectivity index (χ2n) is 4.88. The molecule has 0 heterocycles. The molecule has 0 saturated heterocycles. The van der Waals surface area contributed by atoms with Crippen LogP contribution >= 0.6 is 22.6 Å². The van der Waals surface area contributed by atoms with E-state index in [4.69, 9.17) is 0 Å². The molecule has 0 bridgehead atoms. The van der Waals surface area contributed by atoms with Gasteiger partial charge in [-0.15, -0.1) is 0 Å². The van der Waals surface area contributed by atoms with Gasteiger partial charge in [-0.3, -0.25) is 25.0 Å². The van der Waals surface area contributed by atoms with Gasteiger partial charge in [0.2, 0.25) is 0 Å². The second kappa shape index (κ2) is 8.37. The molecule has 0 aromatic heterocycles. The van der Waals surface area contributed by atoms with Crippen LogP contribution < -0.4 is 10.6 Å². The summed E-state index contributed by atoms with van der Waals surface area (Å²) in [7, 11) is 0. The summed E-state index contributed by atoms with van der Waals surface area (Å²) in [6.45, 7) is 0.464. The summed E-state index contributed by atoms with van der Waals surface area (Å²) < 4.78 is 0.590. The Morgan fingerprint density at radius 3 is 2.44 bits per heavy atom. The van der Waals surface area contributed by atoms with E-state index in [-0.39, 0.29) is 30.0 Å². The van der Waals surface area contributed by atoms with E-state index in [0.717, 1.165) is 0 Å². The van der Waals surface area contributed by atoms with E-state index >= 15 is 0 Å². The van der Waals surface area contributed by atoms with Crippen molar-refractivity contribution in [1.29, 1.82) is 0 Å². The normalized spacial score (nSPS) is 10.1. The lowest BCUT2D eigenvalue weighted by Gasteiger charge is -2.09. The number of amides is 1. The predicted molar refractivity (Wildman–Crippen MR) is 99.7 cm³/mol. The van der Waals surface area contributed by atoms with Gasteiger partial charge in [0.1, 0.15) is 5.69 Å². The van der Waals surface area contributed by atoms with E-state index in [9.17, 15) is 25.0 Å². The highest BCUT2D eigenvalue weighted by molar-refractivity contribution is 14.1. The van der Waals surface area contributed by atoms with Crippen LogP contribution in [0.5, 0.6) is 0 Å². The molecule has 2 N–H and O–H groups in total. The maximum absolute atomic E-state index is 12.2. The van der Waals surface area contributed by atoms with Gasteiger partial charge < -0.3 is 10.6 Å². The maximum atomic E-state index is 12.2. The molecule has 0 atom stereocenters. The monoisotopic (exact) mass is 456 g/mol. The number of nitro benzene ring substituents is 2. The molecule has 130 valence electrons. The summed E-state index contributed by atoms with van der Waals surface area (Å²) in [6.07, 6.45) is 0. The SMILES string of the molecule is O=C(NCCNc1ccccc1[N+](=O)[O-])c1cc([N+](=O)[O-])ccc1I. The van der Waals surface area contributed by atoms with Gasteiger partial charge in [-0.1, -0.05) is 12.1 Å². The third kappa shape index (κ3) is 4.86. The molecular formula is C15H13IN4O5. The van der Waals surface area contributed by atoms with E-state index in [1.54, 1.807) is 18.2 Å². The zero-order valence-electron chi connectivity index (χ0n) is 12.8. The number of anilines is 1. The Balaban J connectivity index is 1.95. The Morgan fingerprint density at radius 1 is 1.04 bits per heavy atom. The number of nitrogens with zero attached hydrogens (tertiary/aromatic N) is 2. The fourth-order valence-corrected chi connectivity index (χ4v) is 2.63. The number of non-ortho nitro benzene ring substituents is 1. The van der Waals surface area contributed by atoms with Crippen molar-refractivity contribution in [2.24, 2.45) is 0 Å². The molecule has 0 saturated carbocycles. The quantitative estimate of drug-likeness (QED) is 0.286. The summed E-state index contributed by atoms with van der Waals surface area (Å²) in [6, 6.07) is 10.2. The fraction of sp³-hybridized carbons (Fsp3) is 0.133. The molecule has 0 fully saturated rings. The van der Waals surface area contributed by atoms with Crippen LogP contribution in [0.15, 0.2) is 42.5 Å². The molecule has 2 aromatic carbocycles. The topological polar surface area (TPSA) is 127 Å². The molecule has 25 heavy (non-hydrogen) atoms. The molecule has 0 unspecified atom stereocenters. The number of nitrogens with one attached hydrogen (secondary N) is 2. The third-order valence-corrected chi connectivity index (χ3v) is 4.17. The molecule has 2 aromatic rings. The van der Waals surface area contributed by atoms with Crippen molar-refractivity contribution in [3.8, 4) is 0 Å². The van der Waals surface area contributed by atoms with Crippen molar-refractivity contribution in [1.82, 2.24) is 5.32 Å². The smallest absolute Gasteiger partial charge is 0.292 e. The molecular weight excluding hydrogens is 443 g/mol. The van der Waals surface area contributed by atoms with Gasteiger partial charge in [0, 0.05) is 34.9 Å². The molecule has 2 rings (SSSR count). The van der Waals surface area contributed by atoms with Gasteiger partial charge in [0.15, 0.2) is 0 Å². The summed E-state index contributed by atoms with van der Waals surface area (Å²) in [5.41, 5.74) is 0.345. The largest absolute Gasteiger partial charge is 0.378 e. The number of halogens is 1. The Bertz CT molecular complexity index is 827. The zero-order valence-corrected chi connectivity index (χ0v) is 14.9. The first kappa shape index (κ1) is 18.6. The Morgan fingerprint density at radius 2 is 1.76 bits per heavy atom. The van der Waals surface area contributed by atoms with E-state index < -0.39 is 15.8 Å². The minimum atomic E-state index is -0.567. The zero-order chi connectivity index (χ0) is 18.4. The number of rotatable bonds is 7. The Hall–Kier alpha value is -2.76. The summed E-state index contributed by atoms with van der Waals surface area (Å²) in [5.74, 6) is -0.447. The van der Waals surface area contributed by atoms with Crippen LogP contribution in [0.2, 0.25) is 0 Å². The van der Waals surface area contributed by atoms with Crippen LogP contribution in [0.3, 0.4) is 0 Å². The van der Waals surface area contributed by atoms with Crippen molar-refractivity contribution >= 4 is 45.6 Å². The highest BCUT2D eigenvalue weighted by Gasteiger charge is 2.15. The van der Waals surface area contributed by atoms with Crippen LogP contribution in [0.1, 0.15) is 10.4 Å². The highest BCUT2D eigenvalue weighted by Crippen LogP contribution is 2.22. The van der Waals surface area contributed by atoms with E-state index in [2.05, 4.69) is 10.6 Å². The number of carbonyl (C=O) groups excluding carboxylic acids is 1. The average molecular weight is 456 g/mol. The number of hydrogen-bond acceptors (Lipinski definition) is 6. The standard InChI is InChI=1S/C15H13IN4O5/c16-12-6-5-10(19(22)23)9-11(12)15(21)18-8-7-17-13-3-1-2-4-14(13)20(24)25/h1-6,9,17H,7-8H2,(H,18,21). The van der Waals surface area contributed by atoms with Gasteiger partial charge in [0.05, 0.1) is 15.4 Å². The molecule has 0 aliphatic heterocycles. The van der Waals surface area contributed by atoms with Crippen LogP contribution in [-0.4, -0.2) is 28.8 Å². The molecule has 0 aliphatic carbocycles. The minimum absolute atomic E-state index is 0.0536. The first-order valence-electron chi connectivity index (χ1n) is 7.09. The number of benzene rings is 2. The summed E-state index contributed by atoms with van der Waals surface area (Å²) in [5, 5.41) is 27.2. The maximum Gasteiger partial charge on any atom is 0.292 e. The van der Waals surface area contributed by atoms with Crippen molar-refractivity contribution in [3.63, 3.8) is 0 Å². The van der Waals surface area contributed by atoms with Gasteiger partial charge >= 0.3 is 0 Å². The first-order chi connectivity index (χ1) is 11.9. The molecule has 1 amide bonds. The predicted octanol–water partition coefficient (Wildman–Crippen LogP) is 2.95. The molecule has 9 nitrogen and oxygen atoms in total. The Labute approximate surface area is 155 Å². The Kier molecular flexibility index (Phi) is 6.22. The van der Waals surface area contributed by atoms with Crippen molar-refractivity contribution in [2.45, 2.75) is 0 Å². The number of nitro groups is 2. The van der Waals surface area contributed by atoms with Gasteiger partial charge in [0.25, 0.3) is 17.3 Å². The van der Waals surface area contributed by atoms with E-state index in [1.807, 2.05) is 22.6 Å². The van der Waals surface area contributed by atoms with Crippen molar-refractivity contribution in [2.75, 3.05) is 18.4 Å². The lowest BCUT2D eigenvalue weighted by molar-refractivity contribution is -0.384. The van der Waals surface area contributed by atoms with Gasteiger partial charge in [-0.2, -0.15) is 0 Å². The van der Waals surface area contributed by atoms with Crippen LogP contribution in [0.4, 0.5) is 17.1 Å². The van der Waals surface area contributed by atoms with Crippen molar-refractivity contribution in [3.05, 3.63) is 71.8 Å².